The minimum Gasteiger partial charge on any atom is -0.397 e. The number of nitrogens with two attached hydrogens (primary N) is 1. The summed E-state index contributed by atoms with van der Waals surface area (Å²) in [4.78, 5) is 4.79. The van der Waals surface area contributed by atoms with E-state index in [1.165, 1.54) is 11.1 Å². The number of nitrogen functional groups attached to an aromatic ring is 1. The number of aromatic nitrogens is 2. The molecule has 3 aromatic rings. The fourth-order valence-electron chi connectivity index (χ4n) is 2.98. The van der Waals surface area contributed by atoms with Gasteiger partial charge in [-0.25, -0.2) is 4.98 Å². The number of para-hydroxylation sites is 1. The molecule has 23 heavy (non-hydrogen) atoms. The van der Waals surface area contributed by atoms with Crippen LogP contribution in [-0.2, 0) is 6.54 Å². The van der Waals surface area contributed by atoms with Crippen molar-refractivity contribution in [2.75, 3.05) is 5.73 Å². The van der Waals surface area contributed by atoms with Crippen molar-refractivity contribution >= 4 is 16.7 Å². The van der Waals surface area contributed by atoms with Crippen LogP contribution in [0.2, 0.25) is 0 Å². The van der Waals surface area contributed by atoms with Crippen molar-refractivity contribution in [3.05, 3.63) is 59.4 Å². The largest absolute Gasteiger partial charge is 0.397 e. The van der Waals surface area contributed by atoms with Crippen molar-refractivity contribution < 1.29 is 0 Å². The summed E-state index contributed by atoms with van der Waals surface area (Å²) in [5.74, 6) is 2.01. The maximum absolute atomic E-state index is 6.11. The van der Waals surface area contributed by atoms with E-state index >= 15 is 0 Å². The van der Waals surface area contributed by atoms with Gasteiger partial charge in [-0.15, -0.1) is 0 Å². The van der Waals surface area contributed by atoms with E-state index in [0.717, 1.165) is 29.1 Å². The Labute approximate surface area is 138 Å². The van der Waals surface area contributed by atoms with Crippen LogP contribution in [-0.4, -0.2) is 9.55 Å². The molecular weight excluding hydrogens is 282 g/mol. The zero-order valence-corrected chi connectivity index (χ0v) is 14.4. The second-order valence-electron chi connectivity index (χ2n) is 6.82. The Bertz CT molecular complexity index is 811. The van der Waals surface area contributed by atoms with Gasteiger partial charge in [-0.2, -0.15) is 0 Å². The maximum Gasteiger partial charge on any atom is 0.112 e. The molecule has 0 radical (unpaired) electrons. The first-order valence-electron chi connectivity index (χ1n) is 8.31. The van der Waals surface area contributed by atoms with Gasteiger partial charge in [0, 0.05) is 12.5 Å². The fraction of sp³-hybridized carbons (Fsp3) is 0.350. The molecule has 0 saturated heterocycles. The van der Waals surface area contributed by atoms with Gasteiger partial charge in [-0.1, -0.05) is 58.0 Å². The van der Waals surface area contributed by atoms with Gasteiger partial charge in [0.2, 0.25) is 0 Å². The lowest BCUT2D eigenvalue weighted by Gasteiger charge is -2.13. The summed E-state index contributed by atoms with van der Waals surface area (Å²) < 4.78 is 2.29. The molecule has 3 heteroatoms. The highest BCUT2D eigenvalue weighted by Crippen LogP contribution is 2.27. The van der Waals surface area contributed by atoms with Crippen molar-refractivity contribution in [2.45, 2.75) is 46.1 Å². The van der Waals surface area contributed by atoms with Gasteiger partial charge in [0.1, 0.15) is 11.3 Å². The summed E-state index contributed by atoms with van der Waals surface area (Å²) >= 11 is 0. The summed E-state index contributed by atoms with van der Waals surface area (Å²) in [6, 6.07) is 14.9. The molecular formula is C20H25N3. The highest BCUT2D eigenvalue weighted by molar-refractivity contribution is 5.87. The van der Waals surface area contributed by atoms with E-state index in [2.05, 4.69) is 62.6 Å². The van der Waals surface area contributed by atoms with Crippen molar-refractivity contribution in [2.24, 2.45) is 0 Å². The molecule has 0 aliphatic heterocycles. The molecule has 1 heterocycles. The van der Waals surface area contributed by atoms with Gasteiger partial charge in [-0.3, -0.25) is 0 Å². The molecule has 0 fully saturated rings. The molecule has 0 amide bonds. The average Bonchev–Trinajstić information content (AvgIpc) is 2.88. The predicted molar refractivity (Wildman–Crippen MR) is 97.9 cm³/mol. The number of anilines is 1. The zero-order valence-electron chi connectivity index (χ0n) is 14.4. The molecule has 120 valence electrons. The van der Waals surface area contributed by atoms with Crippen LogP contribution in [0.25, 0.3) is 11.0 Å². The van der Waals surface area contributed by atoms with E-state index in [1.54, 1.807) is 0 Å². The standard InChI is InChI=1S/C20H25N3/c1-13(2)16-10-8-15(9-11-16)12-23-18-7-5-6-17(21)19(18)22-20(23)14(3)4/h5-11,13-14H,12,21H2,1-4H3. The lowest BCUT2D eigenvalue weighted by atomic mass is 10.0. The third-order valence-corrected chi connectivity index (χ3v) is 4.34. The molecule has 0 aliphatic rings. The SMILES string of the molecule is CC(C)c1ccc(Cn2c(C(C)C)nc3c(N)cccc32)cc1. The second kappa shape index (κ2) is 6.07. The summed E-state index contributed by atoms with van der Waals surface area (Å²) in [5.41, 5.74) is 11.5. The van der Waals surface area contributed by atoms with Crippen LogP contribution in [0, 0.1) is 0 Å². The normalized spacial score (nSPS) is 11.7. The van der Waals surface area contributed by atoms with Crippen LogP contribution < -0.4 is 5.73 Å². The molecule has 0 aliphatic carbocycles. The van der Waals surface area contributed by atoms with Crippen LogP contribution in [0.3, 0.4) is 0 Å². The van der Waals surface area contributed by atoms with Crippen LogP contribution in [0.15, 0.2) is 42.5 Å². The van der Waals surface area contributed by atoms with Gasteiger partial charge < -0.3 is 10.3 Å². The van der Waals surface area contributed by atoms with E-state index < -0.39 is 0 Å². The fourth-order valence-corrected chi connectivity index (χ4v) is 2.98. The summed E-state index contributed by atoms with van der Waals surface area (Å²) in [6.45, 7) is 9.62. The Kier molecular flexibility index (Phi) is 4.12. The van der Waals surface area contributed by atoms with Crippen molar-refractivity contribution in [3.8, 4) is 0 Å². The Hall–Kier alpha value is -2.29. The Morgan fingerprint density at radius 2 is 1.65 bits per heavy atom. The van der Waals surface area contributed by atoms with Crippen LogP contribution in [0.1, 0.15) is 56.5 Å². The summed E-state index contributed by atoms with van der Waals surface area (Å²) in [6.07, 6.45) is 0. The van der Waals surface area contributed by atoms with E-state index in [4.69, 9.17) is 10.7 Å². The number of rotatable bonds is 4. The first-order valence-corrected chi connectivity index (χ1v) is 8.31. The number of fused-ring (bicyclic) bond motifs is 1. The molecule has 1 aromatic heterocycles. The molecule has 3 nitrogen and oxygen atoms in total. The van der Waals surface area contributed by atoms with Crippen molar-refractivity contribution in [1.29, 1.82) is 0 Å². The summed E-state index contributed by atoms with van der Waals surface area (Å²) in [7, 11) is 0. The van der Waals surface area contributed by atoms with Gasteiger partial charge in [-0.05, 0) is 29.2 Å². The third-order valence-electron chi connectivity index (χ3n) is 4.34. The molecule has 0 unspecified atom stereocenters. The summed E-state index contributed by atoms with van der Waals surface area (Å²) in [5, 5.41) is 0. The zero-order chi connectivity index (χ0) is 16.6. The smallest absolute Gasteiger partial charge is 0.112 e. The molecule has 0 spiro atoms. The van der Waals surface area contributed by atoms with Crippen LogP contribution >= 0.6 is 0 Å². The lowest BCUT2D eigenvalue weighted by Crippen LogP contribution is -2.06. The quantitative estimate of drug-likeness (QED) is 0.696. The van der Waals surface area contributed by atoms with Gasteiger partial charge in [0.05, 0.1) is 11.2 Å². The first-order chi connectivity index (χ1) is 11.0. The Morgan fingerprint density at radius 3 is 2.26 bits per heavy atom. The molecule has 2 aromatic carbocycles. The molecule has 0 atom stereocenters. The van der Waals surface area contributed by atoms with E-state index in [0.29, 0.717) is 11.8 Å². The number of hydrogen-bond donors (Lipinski definition) is 1. The monoisotopic (exact) mass is 307 g/mol. The second-order valence-corrected chi connectivity index (χ2v) is 6.82. The molecule has 0 bridgehead atoms. The van der Waals surface area contributed by atoms with E-state index in [1.807, 2.05) is 12.1 Å². The molecule has 0 saturated carbocycles. The van der Waals surface area contributed by atoms with Crippen molar-refractivity contribution in [1.82, 2.24) is 9.55 Å². The lowest BCUT2D eigenvalue weighted by molar-refractivity contribution is 0.683. The molecule has 2 N–H and O–H groups in total. The highest BCUT2D eigenvalue weighted by atomic mass is 15.1. The Balaban J connectivity index is 2.04. The number of imidazole rings is 1. The number of benzene rings is 2. The third kappa shape index (κ3) is 2.96. The average molecular weight is 307 g/mol. The van der Waals surface area contributed by atoms with Crippen molar-refractivity contribution in [3.63, 3.8) is 0 Å². The van der Waals surface area contributed by atoms with Crippen LogP contribution in [0.4, 0.5) is 5.69 Å². The number of nitrogens with zero attached hydrogens (tertiary/aromatic N) is 2. The minimum atomic E-state index is 0.358. The van der Waals surface area contributed by atoms with Gasteiger partial charge >= 0.3 is 0 Å². The van der Waals surface area contributed by atoms with Crippen LogP contribution in [0.5, 0.6) is 0 Å². The van der Waals surface area contributed by atoms with Gasteiger partial charge in [0.25, 0.3) is 0 Å². The van der Waals surface area contributed by atoms with E-state index in [-0.39, 0.29) is 0 Å². The maximum atomic E-state index is 6.11. The van der Waals surface area contributed by atoms with E-state index in [9.17, 15) is 0 Å². The number of hydrogen-bond acceptors (Lipinski definition) is 2. The minimum absolute atomic E-state index is 0.358. The van der Waals surface area contributed by atoms with Gasteiger partial charge in [0.15, 0.2) is 0 Å². The Morgan fingerprint density at radius 1 is 0.957 bits per heavy atom. The first kappa shape index (κ1) is 15.6. The highest BCUT2D eigenvalue weighted by Gasteiger charge is 2.15. The predicted octanol–water partition coefficient (Wildman–Crippen LogP) is 4.91. The topological polar surface area (TPSA) is 43.8 Å². The molecule has 3 rings (SSSR count).